The third kappa shape index (κ3) is 8.45. The van der Waals surface area contributed by atoms with Gasteiger partial charge in [-0.2, -0.15) is 0 Å². The van der Waals surface area contributed by atoms with Gasteiger partial charge >= 0.3 is 5.97 Å². The molecule has 0 aliphatic carbocycles. The molecule has 144 valence electrons. The molecule has 1 aromatic rings. The fourth-order valence-electron chi connectivity index (χ4n) is 2.38. The number of halogens is 1. The molecule has 26 heavy (non-hydrogen) atoms. The summed E-state index contributed by atoms with van der Waals surface area (Å²) in [6, 6.07) is 6.58. The van der Waals surface area contributed by atoms with Crippen molar-refractivity contribution in [2.24, 2.45) is 0 Å². The van der Waals surface area contributed by atoms with Gasteiger partial charge in [-0.3, -0.25) is 14.4 Å². The van der Waals surface area contributed by atoms with Gasteiger partial charge in [0.2, 0.25) is 5.91 Å². The minimum Gasteiger partial charge on any atom is -0.466 e. The summed E-state index contributed by atoms with van der Waals surface area (Å²) in [5, 5.41) is 0.556. The summed E-state index contributed by atoms with van der Waals surface area (Å²) in [5.41, 5.74) is 0.527. The van der Waals surface area contributed by atoms with Crippen LogP contribution in [0.2, 0.25) is 5.02 Å². The summed E-state index contributed by atoms with van der Waals surface area (Å²) >= 11 is 5.81. The van der Waals surface area contributed by atoms with Crippen molar-refractivity contribution in [3.05, 3.63) is 34.9 Å². The topological polar surface area (TPSA) is 72.9 Å². The summed E-state index contributed by atoms with van der Waals surface area (Å²) in [6.07, 6.45) is 1.01. The van der Waals surface area contributed by atoms with E-state index in [1.807, 2.05) is 0 Å². The van der Waals surface area contributed by atoms with Crippen molar-refractivity contribution >= 4 is 29.3 Å². The van der Waals surface area contributed by atoms with Gasteiger partial charge in [-0.15, -0.1) is 0 Å². The molecule has 0 bridgehead atoms. The van der Waals surface area contributed by atoms with Crippen LogP contribution in [0.3, 0.4) is 0 Å². The maximum atomic E-state index is 12.5. The fraction of sp³-hybridized carbons (Fsp3) is 0.526. The van der Waals surface area contributed by atoms with Crippen molar-refractivity contribution in [3.8, 4) is 0 Å². The Balaban J connectivity index is 2.55. The lowest BCUT2D eigenvalue weighted by Crippen LogP contribution is -2.34. The highest BCUT2D eigenvalue weighted by atomic mass is 35.5. The first-order valence-electron chi connectivity index (χ1n) is 8.69. The van der Waals surface area contributed by atoms with Crippen molar-refractivity contribution in [2.75, 3.05) is 33.4 Å². The Morgan fingerprint density at radius 2 is 1.73 bits per heavy atom. The van der Waals surface area contributed by atoms with E-state index in [0.29, 0.717) is 36.8 Å². The van der Waals surface area contributed by atoms with Crippen LogP contribution >= 0.6 is 11.6 Å². The smallest absolute Gasteiger partial charge is 0.307 e. The van der Waals surface area contributed by atoms with Crippen LogP contribution in [0.5, 0.6) is 0 Å². The molecule has 0 atom stereocenters. The van der Waals surface area contributed by atoms with Crippen LogP contribution in [0.15, 0.2) is 24.3 Å². The minimum absolute atomic E-state index is 0.0945. The van der Waals surface area contributed by atoms with E-state index in [2.05, 4.69) is 0 Å². The molecule has 0 N–H and O–H groups in total. The van der Waals surface area contributed by atoms with E-state index >= 15 is 0 Å². The van der Waals surface area contributed by atoms with E-state index < -0.39 is 0 Å². The average molecular weight is 384 g/mol. The van der Waals surface area contributed by atoms with Crippen molar-refractivity contribution < 1.29 is 23.9 Å². The Kier molecular flexibility index (Phi) is 10.6. The molecule has 0 saturated heterocycles. The number of Topliss-reactive ketones (excluding diaryl/α,β-unsaturated/α-hetero) is 1. The standard InChI is InChI=1S/C19H26ClNO5/c1-3-26-19(24)11-13-21(12-4-14-25-2)18(23)10-9-17(22)15-5-7-16(20)8-6-15/h5-8H,3-4,9-14H2,1-2H3. The van der Waals surface area contributed by atoms with Gasteiger partial charge in [0.05, 0.1) is 13.0 Å². The first-order valence-corrected chi connectivity index (χ1v) is 9.06. The highest BCUT2D eigenvalue weighted by Crippen LogP contribution is 2.12. The highest BCUT2D eigenvalue weighted by molar-refractivity contribution is 6.30. The number of hydrogen-bond acceptors (Lipinski definition) is 5. The zero-order valence-electron chi connectivity index (χ0n) is 15.3. The summed E-state index contributed by atoms with van der Waals surface area (Å²) in [4.78, 5) is 37.8. The number of ether oxygens (including phenoxy) is 2. The quantitative estimate of drug-likeness (QED) is 0.315. The molecule has 0 saturated carbocycles. The van der Waals surface area contributed by atoms with Crippen LogP contribution in [0.4, 0.5) is 0 Å². The van der Waals surface area contributed by atoms with Crippen LogP contribution in [0.25, 0.3) is 0 Å². The van der Waals surface area contributed by atoms with Crippen molar-refractivity contribution in [3.63, 3.8) is 0 Å². The summed E-state index contributed by atoms with van der Waals surface area (Å²) in [6.45, 7) is 3.32. The molecule has 0 spiro atoms. The summed E-state index contributed by atoms with van der Waals surface area (Å²) < 4.78 is 9.90. The van der Waals surface area contributed by atoms with Crippen molar-refractivity contribution in [2.45, 2.75) is 32.6 Å². The lowest BCUT2D eigenvalue weighted by molar-refractivity contribution is -0.144. The third-order valence-electron chi connectivity index (χ3n) is 3.75. The first-order chi connectivity index (χ1) is 12.5. The summed E-state index contributed by atoms with van der Waals surface area (Å²) in [7, 11) is 1.59. The van der Waals surface area contributed by atoms with Gasteiger partial charge in [0.1, 0.15) is 0 Å². The number of amides is 1. The molecule has 0 aromatic heterocycles. The van der Waals surface area contributed by atoms with E-state index in [9.17, 15) is 14.4 Å². The second-order valence-corrected chi connectivity index (χ2v) is 6.15. The van der Waals surface area contributed by atoms with Crippen molar-refractivity contribution in [1.29, 1.82) is 0 Å². The molecule has 1 amide bonds. The number of rotatable bonds is 12. The molecule has 6 nitrogen and oxygen atoms in total. The molecule has 0 fully saturated rings. The zero-order chi connectivity index (χ0) is 19.4. The van der Waals surface area contributed by atoms with Crippen LogP contribution in [-0.2, 0) is 19.1 Å². The Bertz CT molecular complexity index is 588. The van der Waals surface area contributed by atoms with Gasteiger partial charge in [0, 0.05) is 50.2 Å². The van der Waals surface area contributed by atoms with Gasteiger partial charge in [-0.25, -0.2) is 0 Å². The largest absolute Gasteiger partial charge is 0.466 e. The number of ketones is 1. The number of benzene rings is 1. The number of carbonyl (C=O) groups is 3. The number of esters is 1. The van der Waals surface area contributed by atoms with Gasteiger partial charge in [-0.1, -0.05) is 11.6 Å². The fourth-order valence-corrected chi connectivity index (χ4v) is 2.51. The van der Waals surface area contributed by atoms with Gasteiger partial charge in [0.25, 0.3) is 0 Å². The Morgan fingerprint density at radius 1 is 1.04 bits per heavy atom. The number of nitrogens with zero attached hydrogens (tertiary/aromatic N) is 1. The molecule has 1 aromatic carbocycles. The summed E-state index contributed by atoms with van der Waals surface area (Å²) in [5.74, 6) is -0.612. The van der Waals surface area contributed by atoms with Crippen LogP contribution in [0.1, 0.15) is 43.0 Å². The van der Waals surface area contributed by atoms with Gasteiger partial charge in [0.15, 0.2) is 5.78 Å². The number of hydrogen-bond donors (Lipinski definition) is 0. The normalized spacial score (nSPS) is 10.4. The molecule has 1 rings (SSSR count). The van der Waals surface area contributed by atoms with Gasteiger partial charge < -0.3 is 14.4 Å². The second kappa shape index (κ2) is 12.4. The van der Waals surface area contributed by atoms with Gasteiger partial charge in [-0.05, 0) is 37.6 Å². The number of carbonyl (C=O) groups excluding carboxylic acids is 3. The van der Waals surface area contributed by atoms with Crippen LogP contribution < -0.4 is 0 Å². The Morgan fingerprint density at radius 3 is 2.35 bits per heavy atom. The van der Waals surface area contributed by atoms with E-state index in [-0.39, 0.29) is 43.5 Å². The number of methoxy groups -OCH3 is 1. The maximum Gasteiger partial charge on any atom is 0.307 e. The Labute approximate surface area is 159 Å². The predicted octanol–water partition coefficient (Wildman–Crippen LogP) is 3.12. The van der Waals surface area contributed by atoms with Crippen molar-refractivity contribution in [1.82, 2.24) is 4.90 Å². The van der Waals surface area contributed by atoms with E-state index in [4.69, 9.17) is 21.1 Å². The SMILES string of the molecule is CCOC(=O)CCN(CCCOC)C(=O)CCC(=O)c1ccc(Cl)cc1. The monoisotopic (exact) mass is 383 g/mol. The maximum absolute atomic E-state index is 12.5. The molecule has 0 heterocycles. The minimum atomic E-state index is -0.339. The van der Waals surface area contributed by atoms with E-state index in [0.717, 1.165) is 0 Å². The first kappa shape index (κ1) is 22.1. The van der Waals surface area contributed by atoms with E-state index in [1.54, 1.807) is 43.2 Å². The molecule has 0 aliphatic rings. The molecule has 0 unspecified atom stereocenters. The lowest BCUT2D eigenvalue weighted by Gasteiger charge is -2.22. The predicted molar refractivity (Wildman–Crippen MR) is 99.3 cm³/mol. The molecular formula is C19H26ClNO5. The second-order valence-electron chi connectivity index (χ2n) is 5.71. The molecule has 7 heteroatoms. The highest BCUT2D eigenvalue weighted by Gasteiger charge is 2.17. The molecular weight excluding hydrogens is 358 g/mol. The molecule has 0 radical (unpaired) electrons. The average Bonchev–Trinajstić information content (AvgIpc) is 2.63. The lowest BCUT2D eigenvalue weighted by atomic mass is 10.1. The van der Waals surface area contributed by atoms with E-state index in [1.165, 1.54) is 0 Å². The third-order valence-corrected chi connectivity index (χ3v) is 4.00. The van der Waals surface area contributed by atoms with Crippen LogP contribution in [0, 0.1) is 0 Å². The molecule has 0 aliphatic heterocycles. The zero-order valence-corrected chi connectivity index (χ0v) is 16.1. The van der Waals surface area contributed by atoms with Crippen LogP contribution in [-0.4, -0.2) is 56.0 Å². The Hall–Kier alpha value is -1.92.